The molecule has 0 saturated carbocycles. The van der Waals surface area contributed by atoms with E-state index in [0.717, 1.165) is 11.3 Å². The zero-order valence-electron chi connectivity index (χ0n) is 13.4. The van der Waals surface area contributed by atoms with Crippen molar-refractivity contribution in [1.29, 1.82) is 0 Å². The molecule has 1 aromatic carbocycles. The van der Waals surface area contributed by atoms with Gasteiger partial charge in [0.1, 0.15) is 5.75 Å². The molecule has 0 amide bonds. The summed E-state index contributed by atoms with van der Waals surface area (Å²) < 4.78 is 28.1. The van der Waals surface area contributed by atoms with Gasteiger partial charge in [0.05, 0.1) is 12.4 Å². The summed E-state index contributed by atoms with van der Waals surface area (Å²) in [6.45, 7) is 10.8. The van der Waals surface area contributed by atoms with Crippen LogP contribution in [0, 0.1) is 12.8 Å². The van der Waals surface area contributed by atoms with Gasteiger partial charge in [-0.2, -0.15) is 0 Å². The Balaban J connectivity index is 2.76. The zero-order chi connectivity index (χ0) is 16.3. The molecule has 0 heterocycles. The van der Waals surface area contributed by atoms with Gasteiger partial charge in [0.25, 0.3) is 0 Å². The van der Waals surface area contributed by atoms with Crippen LogP contribution < -0.4 is 4.74 Å². The monoisotopic (exact) mass is 332 g/mol. The third-order valence-corrected chi connectivity index (χ3v) is 4.78. The maximum Gasteiger partial charge on any atom is 0.232 e. The van der Waals surface area contributed by atoms with E-state index in [4.69, 9.17) is 15.4 Å². The molecule has 0 bridgehead atoms. The second-order valence-corrected chi connectivity index (χ2v) is 9.34. The molecule has 0 N–H and O–H groups in total. The Bertz CT molecular complexity index is 574. The smallest absolute Gasteiger partial charge is 0.232 e. The summed E-state index contributed by atoms with van der Waals surface area (Å²) in [6.07, 6.45) is 0.713. The first-order valence-electron chi connectivity index (χ1n) is 7.19. The minimum Gasteiger partial charge on any atom is -0.493 e. The van der Waals surface area contributed by atoms with Crippen LogP contribution in [-0.4, -0.2) is 20.8 Å². The Labute approximate surface area is 133 Å². The Morgan fingerprint density at radius 3 is 2.33 bits per heavy atom. The fourth-order valence-corrected chi connectivity index (χ4v) is 3.48. The van der Waals surface area contributed by atoms with E-state index >= 15 is 0 Å². The lowest BCUT2D eigenvalue weighted by molar-refractivity contribution is 0.256. The van der Waals surface area contributed by atoms with Gasteiger partial charge in [-0.25, -0.2) is 8.42 Å². The van der Waals surface area contributed by atoms with Crippen molar-refractivity contribution in [3.63, 3.8) is 0 Å². The molecule has 21 heavy (non-hydrogen) atoms. The van der Waals surface area contributed by atoms with Crippen LogP contribution in [0.4, 0.5) is 0 Å². The topological polar surface area (TPSA) is 43.4 Å². The van der Waals surface area contributed by atoms with Gasteiger partial charge in [0.2, 0.25) is 9.05 Å². The second-order valence-electron chi connectivity index (χ2n) is 6.52. The van der Waals surface area contributed by atoms with Gasteiger partial charge in [-0.15, -0.1) is 0 Å². The molecule has 1 rings (SSSR count). The summed E-state index contributed by atoms with van der Waals surface area (Å²) in [7, 11) is 1.82. The lowest BCUT2D eigenvalue weighted by atomic mass is 9.86. The Hall–Kier alpha value is -0.740. The standard InChI is InChI=1S/C16H25ClO3S/c1-6-13(11-21(17,18)19)10-20-15-8-7-14(9-12(15)2)16(3,4)5/h7-9,13H,6,10-11H2,1-5H3. The molecule has 1 atom stereocenters. The van der Waals surface area contributed by atoms with Crippen LogP contribution in [-0.2, 0) is 14.5 Å². The Kier molecular flexibility index (Phi) is 6.11. The molecule has 1 aromatic rings. The molecule has 0 radical (unpaired) electrons. The SMILES string of the molecule is CCC(COc1ccc(C(C)(C)C)cc1C)CS(=O)(=O)Cl. The number of aryl methyl sites for hydroxylation is 1. The summed E-state index contributed by atoms with van der Waals surface area (Å²) in [4.78, 5) is 0. The van der Waals surface area contributed by atoms with Crippen molar-refractivity contribution in [2.24, 2.45) is 5.92 Å². The van der Waals surface area contributed by atoms with E-state index in [1.165, 1.54) is 5.56 Å². The molecular formula is C16H25ClO3S. The van der Waals surface area contributed by atoms with Crippen molar-refractivity contribution in [3.05, 3.63) is 29.3 Å². The fraction of sp³-hybridized carbons (Fsp3) is 0.625. The van der Waals surface area contributed by atoms with Crippen LogP contribution in [0.2, 0.25) is 0 Å². The normalized spacial score (nSPS) is 14.0. The average Bonchev–Trinajstić information content (AvgIpc) is 2.33. The average molecular weight is 333 g/mol. The molecule has 3 nitrogen and oxygen atoms in total. The number of benzene rings is 1. The van der Waals surface area contributed by atoms with Crippen molar-refractivity contribution in [2.75, 3.05) is 12.4 Å². The van der Waals surface area contributed by atoms with Crippen LogP contribution in [0.25, 0.3) is 0 Å². The molecule has 5 heteroatoms. The highest BCUT2D eigenvalue weighted by Crippen LogP contribution is 2.28. The van der Waals surface area contributed by atoms with Gasteiger partial charge >= 0.3 is 0 Å². The van der Waals surface area contributed by atoms with Crippen molar-refractivity contribution in [2.45, 2.75) is 46.5 Å². The highest BCUT2D eigenvalue weighted by molar-refractivity contribution is 8.13. The van der Waals surface area contributed by atoms with E-state index < -0.39 is 9.05 Å². The van der Waals surface area contributed by atoms with E-state index in [-0.39, 0.29) is 17.1 Å². The van der Waals surface area contributed by atoms with E-state index in [0.29, 0.717) is 13.0 Å². The van der Waals surface area contributed by atoms with E-state index in [9.17, 15) is 8.42 Å². The maximum absolute atomic E-state index is 11.1. The van der Waals surface area contributed by atoms with Crippen molar-refractivity contribution in [3.8, 4) is 5.75 Å². The van der Waals surface area contributed by atoms with E-state index in [1.807, 2.05) is 19.9 Å². The molecule has 1 unspecified atom stereocenters. The Morgan fingerprint density at radius 2 is 1.90 bits per heavy atom. The van der Waals surface area contributed by atoms with E-state index in [2.05, 4.69) is 32.9 Å². The van der Waals surface area contributed by atoms with Crippen LogP contribution in [0.1, 0.15) is 45.2 Å². The van der Waals surface area contributed by atoms with Gasteiger partial charge < -0.3 is 4.74 Å². The minimum absolute atomic E-state index is 0.0514. The third kappa shape index (κ3) is 6.27. The van der Waals surface area contributed by atoms with Gasteiger partial charge in [-0.05, 0) is 36.0 Å². The lowest BCUT2D eigenvalue weighted by Crippen LogP contribution is -2.19. The van der Waals surface area contributed by atoms with Gasteiger partial charge in [0, 0.05) is 16.6 Å². The second kappa shape index (κ2) is 7.01. The van der Waals surface area contributed by atoms with E-state index in [1.54, 1.807) is 0 Å². The van der Waals surface area contributed by atoms with Crippen molar-refractivity contribution < 1.29 is 13.2 Å². The van der Waals surface area contributed by atoms with Gasteiger partial charge in [0.15, 0.2) is 0 Å². The molecule has 0 fully saturated rings. The van der Waals surface area contributed by atoms with Crippen LogP contribution in [0.15, 0.2) is 18.2 Å². The first-order chi connectivity index (χ1) is 9.53. The summed E-state index contributed by atoms with van der Waals surface area (Å²) >= 11 is 0. The fourth-order valence-electron chi connectivity index (χ4n) is 2.05. The van der Waals surface area contributed by atoms with Crippen LogP contribution in [0.5, 0.6) is 5.75 Å². The molecule has 0 aliphatic heterocycles. The largest absolute Gasteiger partial charge is 0.493 e. The minimum atomic E-state index is -3.48. The Morgan fingerprint density at radius 1 is 1.29 bits per heavy atom. The first-order valence-corrected chi connectivity index (χ1v) is 9.67. The highest BCUT2D eigenvalue weighted by atomic mass is 35.7. The van der Waals surface area contributed by atoms with Gasteiger partial charge in [-0.3, -0.25) is 0 Å². The summed E-state index contributed by atoms with van der Waals surface area (Å²) in [6, 6.07) is 6.13. The predicted octanol–water partition coefficient (Wildman–Crippen LogP) is 4.27. The lowest BCUT2D eigenvalue weighted by Gasteiger charge is -2.21. The van der Waals surface area contributed by atoms with Crippen molar-refractivity contribution >= 4 is 19.7 Å². The molecule has 0 aliphatic carbocycles. The number of rotatable bonds is 6. The molecule has 0 saturated heterocycles. The van der Waals surface area contributed by atoms with Crippen LogP contribution in [0.3, 0.4) is 0 Å². The summed E-state index contributed by atoms with van der Waals surface area (Å²) in [5.74, 6) is 0.659. The van der Waals surface area contributed by atoms with Crippen molar-refractivity contribution in [1.82, 2.24) is 0 Å². The molecule has 120 valence electrons. The number of halogens is 1. The molecule has 0 spiro atoms. The molecule has 0 aliphatic rings. The predicted molar refractivity (Wildman–Crippen MR) is 88.8 cm³/mol. The summed E-state index contributed by atoms with van der Waals surface area (Å²) in [5, 5.41) is 0. The van der Waals surface area contributed by atoms with Gasteiger partial charge in [-0.1, -0.05) is 39.8 Å². The zero-order valence-corrected chi connectivity index (χ0v) is 15.0. The molecular weight excluding hydrogens is 308 g/mol. The number of ether oxygens (including phenoxy) is 1. The quantitative estimate of drug-likeness (QED) is 0.731. The number of hydrogen-bond acceptors (Lipinski definition) is 3. The summed E-state index contributed by atoms with van der Waals surface area (Å²) in [5.41, 5.74) is 2.41. The maximum atomic E-state index is 11.1. The highest BCUT2D eigenvalue weighted by Gasteiger charge is 2.18. The number of hydrogen-bond donors (Lipinski definition) is 0. The van der Waals surface area contributed by atoms with Crippen LogP contribution >= 0.6 is 10.7 Å². The first kappa shape index (κ1) is 18.3. The molecule has 0 aromatic heterocycles. The third-order valence-electron chi connectivity index (χ3n) is 3.53.